The Balaban J connectivity index is 1.40. The van der Waals surface area contributed by atoms with Crippen molar-refractivity contribution < 1.29 is 18.7 Å². The molecule has 5 aromatic rings. The van der Waals surface area contributed by atoms with Gasteiger partial charge in [-0.25, -0.2) is 14.6 Å². The number of ether oxygens (including phenoxy) is 1. The van der Waals surface area contributed by atoms with Crippen LogP contribution in [0.3, 0.4) is 0 Å². The maximum Gasteiger partial charge on any atom is 0.343 e. The quantitative estimate of drug-likeness (QED) is 0.137. The molecule has 1 amide bonds. The maximum absolute atomic E-state index is 14.5. The van der Waals surface area contributed by atoms with E-state index in [1.807, 2.05) is 36.4 Å². The van der Waals surface area contributed by atoms with Gasteiger partial charge in [0.15, 0.2) is 0 Å². The highest BCUT2D eigenvalue weighted by Gasteiger charge is 2.20. The van der Waals surface area contributed by atoms with Crippen molar-refractivity contribution in [3.8, 4) is 16.9 Å². The lowest BCUT2D eigenvalue weighted by molar-refractivity contribution is 0.0734. The monoisotopic (exact) mass is 477 g/mol. The Labute approximate surface area is 206 Å². The van der Waals surface area contributed by atoms with E-state index in [1.165, 1.54) is 12.3 Å². The van der Waals surface area contributed by atoms with Gasteiger partial charge in [0.1, 0.15) is 17.3 Å². The second-order valence-electron chi connectivity index (χ2n) is 7.90. The number of fused-ring (bicyclic) bond motifs is 1. The number of rotatable bonds is 6. The second kappa shape index (κ2) is 10.1. The minimum atomic E-state index is -0.542. The van der Waals surface area contributed by atoms with Gasteiger partial charge in [0.2, 0.25) is 0 Å². The Morgan fingerprint density at radius 3 is 2.31 bits per heavy atom. The Hall–Kier alpha value is -5.04. The van der Waals surface area contributed by atoms with Crippen molar-refractivity contribution in [2.75, 3.05) is 0 Å². The number of carbonyl (C=O) groups excluding carboxylic acids is 2. The van der Waals surface area contributed by atoms with Gasteiger partial charge in [0.25, 0.3) is 5.91 Å². The number of nitrogens with zero attached hydrogens (tertiary/aromatic N) is 1. The summed E-state index contributed by atoms with van der Waals surface area (Å²) in [5, 5.41) is 4.65. The fourth-order valence-electron chi connectivity index (χ4n) is 3.89. The summed E-state index contributed by atoms with van der Waals surface area (Å²) in [7, 11) is 0. The van der Waals surface area contributed by atoms with Gasteiger partial charge in [-0.15, -0.1) is 0 Å². The largest absolute Gasteiger partial charge is 0.422 e. The number of aromatic nitrogens is 1. The fourth-order valence-corrected chi connectivity index (χ4v) is 3.89. The molecule has 0 aliphatic carbocycles. The third-order valence-corrected chi connectivity index (χ3v) is 5.57. The second-order valence-corrected chi connectivity index (χ2v) is 7.90. The number of hydrazone groups is 1. The molecule has 0 radical (unpaired) electrons. The van der Waals surface area contributed by atoms with Crippen molar-refractivity contribution >= 4 is 29.0 Å². The van der Waals surface area contributed by atoms with Crippen molar-refractivity contribution in [2.45, 2.75) is 0 Å². The van der Waals surface area contributed by atoms with Gasteiger partial charge in [-0.05, 0) is 35.9 Å². The highest BCUT2D eigenvalue weighted by atomic mass is 19.1. The van der Waals surface area contributed by atoms with Gasteiger partial charge in [0, 0.05) is 16.5 Å². The average molecular weight is 477 g/mol. The summed E-state index contributed by atoms with van der Waals surface area (Å²) in [5.74, 6) is -1.21. The predicted molar refractivity (Wildman–Crippen MR) is 137 cm³/mol. The molecule has 5 rings (SSSR count). The van der Waals surface area contributed by atoms with Gasteiger partial charge in [-0.2, -0.15) is 5.10 Å². The molecule has 0 aliphatic heterocycles. The lowest BCUT2D eigenvalue weighted by Gasteiger charge is -2.07. The van der Waals surface area contributed by atoms with Crippen molar-refractivity contribution in [3.63, 3.8) is 0 Å². The van der Waals surface area contributed by atoms with Crippen LogP contribution in [0.4, 0.5) is 4.39 Å². The van der Waals surface area contributed by atoms with E-state index in [0.29, 0.717) is 27.8 Å². The highest BCUT2D eigenvalue weighted by molar-refractivity contribution is 6.10. The summed E-state index contributed by atoms with van der Waals surface area (Å²) in [6.07, 6.45) is 1.39. The van der Waals surface area contributed by atoms with Gasteiger partial charge >= 0.3 is 5.97 Å². The van der Waals surface area contributed by atoms with E-state index in [0.717, 1.165) is 5.56 Å². The highest BCUT2D eigenvalue weighted by Crippen LogP contribution is 2.33. The summed E-state index contributed by atoms with van der Waals surface area (Å²) in [4.78, 5) is 28.4. The zero-order valence-corrected chi connectivity index (χ0v) is 18.9. The smallest absolute Gasteiger partial charge is 0.343 e. The zero-order chi connectivity index (χ0) is 24.9. The van der Waals surface area contributed by atoms with Crippen LogP contribution >= 0.6 is 0 Å². The number of benzene rings is 4. The van der Waals surface area contributed by atoms with E-state index >= 15 is 0 Å². The zero-order valence-electron chi connectivity index (χ0n) is 18.9. The molecule has 0 fully saturated rings. The summed E-state index contributed by atoms with van der Waals surface area (Å²) in [6, 6.07) is 29.4. The number of amides is 1. The molecule has 7 heteroatoms. The predicted octanol–water partition coefficient (Wildman–Crippen LogP) is 5.96. The summed E-state index contributed by atoms with van der Waals surface area (Å²) >= 11 is 0. The normalized spacial score (nSPS) is 11.0. The Morgan fingerprint density at radius 1 is 0.833 bits per heavy atom. The first-order chi connectivity index (χ1) is 17.6. The average Bonchev–Trinajstić information content (AvgIpc) is 3.32. The number of nitrogens with one attached hydrogen (secondary N) is 2. The van der Waals surface area contributed by atoms with Crippen LogP contribution in [0.2, 0.25) is 0 Å². The Kier molecular flexibility index (Phi) is 6.36. The molecule has 0 aliphatic rings. The van der Waals surface area contributed by atoms with E-state index in [2.05, 4.69) is 15.5 Å². The first-order valence-corrected chi connectivity index (χ1v) is 11.2. The number of hydrogen-bond donors (Lipinski definition) is 2. The number of esters is 1. The van der Waals surface area contributed by atoms with Crippen LogP contribution in [0.5, 0.6) is 5.75 Å². The number of halogens is 1. The lowest BCUT2D eigenvalue weighted by Crippen LogP contribution is -2.19. The molecule has 1 aromatic heterocycles. The molecule has 0 saturated carbocycles. The molecule has 176 valence electrons. The van der Waals surface area contributed by atoms with Crippen LogP contribution in [-0.4, -0.2) is 23.1 Å². The van der Waals surface area contributed by atoms with Gasteiger partial charge in [0.05, 0.1) is 17.3 Å². The number of hydrogen-bond acceptors (Lipinski definition) is 4. The molecule has 4 aromatic carbocycles. The third kappa shape index (κ3) is 4.63. The van der Waals surface area contributed by atoms with Crippen molar-refractivity contribution in [2.24, 2.45) is 5.10 Å². The Bertz CT molecular complexity index is 1580. The number of aromatic amines is 1. The van der Waals surface area contributed by atoms with Crippen molar-refractivity contribution in [1.82, 2.24) is 10.4 Å². The summed E-state index contributed by atoms with van der Waals surface area (Å²) < 4.78 is 20.0. The molecular weight excluding hydrogens is 457 g/mol. The van der Waals surface area contributed by atoms with Gasteiger partial charge < -0.3 is 9.72 Å². The molecule has 0 saturated heterocycles. The molecule has 36 heavy (non-hydrogen) atoms. The van der Waals surface area contributed by atoms with Crippen LogP contribution < -0.4 is 10.2 Å². The molecule has 0 bridgehead atoms. The summed E-state index contributed by atoms with van der Waals surface area (Å²) in [5.41, 5.74) is 5.16. The van der Waals surface area contributed by atoms with E-state index in [-0.39, 0.29) is 11.2 Å². The minimum absolute atomic E-state index is 0.183. The van der Waals surface area contributed by atoms with Crippen LogP contribution in [0.25, 0.3) is 22.0 Å². The van der Waals surface area contributed by atoms with Crippen molar-refractivity contribution in [1.29, 1.82) is 0 Å². The van der Waals surface area contributed by atoms with Crippen LogP contribution in [0, 0.1) is 5.82 Å². The van der Waals surface area contributed by atoms with E-state index < -0.39 is 17.7 Å². The Morgan fingerprint density at radius 2 is 1.53 bits per heavy atom. The van der Waals surface area contributed by atoms with Crippen LogP contribution in [0.1, 0.15) is 26.4 Å². The van der Waals surface area contributed by atoms with Gasteiger partial charge in [-0.3, -0.25) is 4.79 Å². The number of H-pyrrole nitrogens is 1. The molecule has 6 nitrogen and oxygen atoms in total. The van der Waals surface area contributed by atoms with Crippen LogP contribution in [-0.2, 0) is 0 Å². The topological polar surface area (TPSA) is 83.5 Å². The van der Waals surface area contributed by atoms with Crippen LogP contribution in [0.15, 0.2) is 108 Å². The number of carbonyl (C=O) groups is 2. The number of para-hydroxylation sites is 2. The molecule has 0 atom stereocenters. The molecular formula is C29H20FN3O3. The minimum Gasteiger partial charge on any atom is -0.422 e. The SMILES string of the molecule is O=C(Oc1ccccc1C=NNC(=O)c1[nH]c2c(F)cccc2c1-c1ccccc1)c1ccccc1. The third-order valence-electron chi connectivity index (χ3n) is 5.57. The van der Waals surface area contributed by atoms with E-state index in [1.54, 1.807) is 60.7 Å². The molecule has 2 N–H and O–H groups in total. The maximum atomic E-state index is 14.5. The first-order valence-electron chi connectivity index (χ1n) is 11.2. The van der Waals surface area contributed by atoms with E-state index in [4.69, 9.17) is 4.74 Å². The molecule has 1 heterocycles. The van der Waals surface area contributed by atoms with Gasteiger partial charge in [-0.1, -0.05) is 72.8 Å². The fraction of sp³-hybridized carbons (Fsp3) is 0. The van der Waals surface area contributed by atoms with E-state index in [9.17, 15) is 14.0 Å². The first kappa shape index (κ1) is 22.7. The molecule has 0 unspecified atom stereocenters. The molecule has 0 spiro atoms. The lowest BCUT2D eigenvalue weighted by atomic mass is 10.0. The standard InChI is InChI=1S/C29H20FN3O3/c30-23-16-9-15-22-25(19-10-3-1-4-11-19)27(32-26(22)23)28(34)33-31-18-21-14-7-8-17-24(21)36-29(35)20-12-5-2-6-13-20/h1-18,32H,(H,33,34). The van der Waals surface area contributed by atoms with Crippen molar-refractivity contribution in [3.05, 3.63) is 126 Å². The summed E-state index contributed by atoms with van der Waals surface area (Å²) in [6.45, 7) is 0.